The van der Waals surface area contributed by atoms with Crippen LogP contribution in [-0.2, 0) is 5.41 Å². The van der Waals surface area contributed by atoms with Gasteiger partial charge in [0.2, 0.25) is 5.95 Å². The zero-order valence-corrected chi connectivity index (χ0v) is 20.0. The van der Waals surface area contributed by atoms with Gasteiger partial charge in [0.15, 0.2) is 0 Å². The SMILES string of the molecule is Bc1cnc(Nc2ccc(N3CCNCC3)cn2)nc1-c1cc(B)c2c(c1)C(C)(C)C(C)=N2. The van der Waals surface area contributed by atoms with Crippen LogP contribution in [0, 0.1) is 0 Å². The average Bonchev–Trinajstić information content (AvgIpc) is 3.05. The van der Waals surface area contributed by atoms with Gasteiger partial charge in [-0.15, -0.1) is 0 Å². The maximum Gasteiger partial charge on any atom is 0.228 e. The normalized spacial score (nSPS) is 16.9. The zero-order chi connectivity index (χ0) is 23.2. The molecule has 0 bridgehead atoms. The molecule has 166 valence electrons. The van der Waals surface area contributed by atoms with Crippen molar-refractivity contribution in [2.45, 2.75) is 26.2 Å². The third-order valence-corrected chi connectivity index (χ3v) is 6.87. The molecule has 33 heavy (non-hydrogen) atoms. The summed E-state index contributed by atoms with van der Waals surface area (Å²) in [7, 11) is 4.18. The van der Waals surface area contributed by atoms with Crippen LogP contribution < -0.4 is 26.5 Å². The second-order valence-electron chi connectivity index (χ2n) is 9.50. The number of aliphatic imine (C=N–C) groups is 1. The fraction of sp³-hybridized carbons (Fsp3) is 0.333. The number of nitrogens with zero attached hydrogens (tertiary/aromatic N) is 5. The van der Waals surface area contributed by atoms with Crippen molar-refractivity contribution >= 4 is 55.5 Å². The maximum absolute atomic E-state index is 4.87. The minimum Gasteiger partial charge on any atom is -0.368 e. The molecule has 2 aromatic heterocycles. The molecule has 0 spiro atoms. The third-order valence-electron chi connectivity index (χ3n) is 6.87. The van der Waals surface area contributed by atoms with E-state index in [9.17, 15) is 0 Å². The second-order valence-corrected chi connectivity index (χ2v) is 9.50. The van der Waals surface area contributed by atoms with E-state index in [2.05, 4.69) is 80.2 Å². The molecule has 7 nitrogen and oxygen atoms in total. The van der Waals surface area contributed by atoms with E-state index in [1.165, 1.54) is 11.0 Å². The lowest BCUT2D eigenvalue weighted by atomic mass is 9.77. The van der Waals surface area contributed by atoms with Crippen molar-refractivity contribution < 1.29 is 0 Å². The van der Waals surface area contributed by atoms with Gasteiger partial charge in [-0.25, -0.2) is 15.0 Å². The monoisotopic (exact) mass is 437 g/mol. The number of aromatic nitrogens is 3. The first-order valence-corrected chi connectivity index (χ1v) is 11.6. The molecule has 5 rings (SSSR count). The van der Waals surface area contributed by atoms with Crippen LogP contribution in [0.25, 0.3) is 11.3 Å². The number of benzene rings is 1. The summed E-state index contributed by atoms with van der Waals surface area (Å²) >= 11 is 0. The number of piperazine rings is 1. The quantitative estimate of drug-likeness (QED) is 0.583. The van der Waals surface area contributed by atoms with E-state index in [0.29, 0.717) is 5.95 Å². The second kappa shape index (κ2) is 8.30. The summed E-state index contributed by atoms with van der Waals surface area (Å²) in [5, 5.41) is 6.65. The molecule has 1 saturated heterocycles. The minimum atomic E-state index is -0.0752. The molecule has 9 heteroatoms. The van der Waals surface area contributed by atoms with Gasteiger partial charge in [-0.3, -0.25) is 4.99 Å². The topological polar surface area (TPSA) is 78.3 Å². The van der Waals surface area contributed by atoms with E-state index in [1.807, 2.05) is 18.5 Å². The van der Waals surface area contributed by atoms with Crippen molar-refractivity contribution in [3.05, 3.63) is 42.2 Å². The van der Waals surface area contributed by atoms with Gasteiger partial charge in [-0.2, -0.15) is 0 Å². The van der Waals surface area contributed by atoms with Gasteiger partial charge in [0.1, 0.15) is 21.5 Å². The summed E-state index contributed by atoms with van der Waals surface area (Å²) in [5.74, 6) is 1.28. The van der Waals surface area contributed by atoms with Crippen LogP contribution in [0.1, 0.15) is 26.3 Å². The summed E-state index contributed by atoms with van der Waals surface area (Å²) in [5.41, 5.74) is 8.79. The first kappa shape index (κ1) is 21.6. The summed E-state index contributed by atoms with van der Waals surface area (Å²) in [4.78, 5) is 21.1. The molecule has 4 heterocycles. The average molecular weight is 437 g/mol. The molecule has 0 amide bonds. The molecular weight excluding hydrogens is 408 g/mol. The number of fused-ring (bicyclic) bond motifs is 1. The van der Waals surface area contributed by atoms with Crippen LogP contribution in [0.15, 0.2) is 41.7 Å². The fourth-order valence-electron chi connectivity index (χ4n) is 4.52. The Kier molecular flexibility index (Phi) is 5.44. The first-order chi connectivity index (χ1) is 15.8. The molecule has 2 aliphatic heterocycles. The van der Waals surface area contributed by atoms with E-state index in [-0.39, 0.29) is 5.41 Å². The summed E-state index contributed by atoms with van der Waals surface area (Å²) in [6, 6.07) is 8.51. The van der Waals surface area contributed by atoms with Crippen molar-refractivity contribution in [3.63, 3.8) is 0 Å². The van der Waals surface area contributed by atoms with Crippen LogP contribution in [0.2, 0.25) is 0 Å². The Hall–Kier alpha value is -3.19. The molecule has 1 fully saturated rings. The number of hydrogen-bond acceptors (Lipinski definition) is 7. The highest BCUT2D eigenvalue weighted by atomic mass is 15.2. The van der Waals surface area contributed by atoms with Gasteiger partial charge in [-0.1, -0.05) is 25.4 Å². The van der Waals surface area contributed by atoms with Crippen molar-refractivity contribution in [2.75, 3.05) is 36.4 Å². The number of hydrogen-bond donors (Lipinski definition) is 2. The van der Waals surface area contributed by atoms with E-state index in [0.717, 1.165) is 65.8 Å². The van der Waals surface area contributed by atoms with Crippen LogP contribution in [-0.4, -0.2) is 62.5 Å². The van der Waals surface area contributed by atoms with Crippen LogP contribution in [0.3, 0.4) is 0 Å². The van der Waals surface area contributed by atoms with Gasteiger partial charge in [-0.05, 0) is 41.7 Å². The Morgan fingerprint density at radius 2 is 1.82 bits per heavy atom. The lowest BCUT2D eigenvalue weighted by molar-refractivity contribution is 0.589. The van der Waals surface area contributed by atoms with Crippen molar-refractivity contribution in [1.82, 2.24) is 20.3 Å². The van der Waals surface area contributed by atoms with Crippen molar-refractivity contribution in [2.24, 2.45) is 4.99 Å². The molecule has 0 saturated carbocycles. The zero-order valence-electron chi connectivity index (χ0n) is 20.0. The largest absolute Gasteiger partial charge is 0.368 e. The summed E-state index contributed by atoms with van der Waals surface area (Å²) < 4.78 is 0. The van der Waals surface area contributed by atoms with Gasteiger partial charge in [0.05, 0.1) is 23.3 Å². The maximum atomic E-state index is 4.87. The number of rotatable bonds is 4. The Morgan fingerprint density at radius 3 is 2.55 bits per heavy atom. The standard InChI is InChI=1S/C24H29B2N7/c1-14-24(2,3)17-10-15(11-18(25)22(17)30-14)21-19(26)13-29-23(32-21)31-20-5-4-16(12-28-20)33-8-6-27-7-9-33/h4-5,10-13,27H,6-9,25-26H2,1-3H3,(H,28,29,31,32). The van der Waals surface area contributed by atoms with Crippen LogP contribution in [0.4, 0.5) is 23.1 Å². The van der Waals surface area contributed by atoms with Gasteiger partial charge in [0, 0.05) is 43.5 Å². The van der Waals surface area contributed by atoms with E-state index in [4.69, 9.17) is 9.98 Å². The summed E-state index contributed by atoms with van der Waals surface area (Å²) in [6.07, 6.45) is 3.78. The van der Waals surface area contributed by atoms with Gasteiger partial charge < -0.3 is 15.5 Å². The van der Waals surface area contributed by atoms with Crippen molar-refractivity contribution in [3.8, 4) is 11.3 Å². The molecule has 3 aromatic rings. The highest BCUT2D eigenvalue weighted by Crippen LogP contribution is 2.40. The van der Waals surface area contributed by atoms with Crippen molar-refractivity contribution in [1.29, 1.82) is 0 Å². The van der Waals surface area contributed by atoms with E-state index < -0.39 is 0 Å². The van der Waals surface area contributed by atoms with Gasteiger partial charge in [0.25, 0.3) is 0 Å². The predicted molar refractivity (Wildman–Crippen MR) is 142 cm³/mol. The Morgan fingerprint density at radius 1 is 1.03 bits per heavy atom. The number of nitrogens with one attached hydrogen (secondary N) is 2. The smallest absolute Gasteiger partial charge is 0.228 e. The number of pyridine rings is 1. The Bertz CT molecular complexity index is 1230. The highest BCUT2D eigenvalue weighted by molar-refractivity contribution is 6.38. The molecule has 0 atom stereocenters. The first-order valence-electron chi connectivity index (χ1n) is 11.6. The lowest BCUT2D eigenvalue weighted by Gasteiger charge is -2.29. The predicted octanol–water partition coefficient (Wildman–Crippen LogP) is 0.592. The van der Waals surface area contributed by atoms with Gasteiger partial charge >= 0.3 is 0 Å². The molecule has 0 unspecified atom stereocenters. The van der Waals surface area contributed by atoms with Crippen LogP contribution in [0.5, 0.6) is 0 Å². The molecule has 2 N–H and O–H groups in total. The Labute approximate surface area is 197 Å². The molecule has 2 aliphatic rings. The highest BCUT2D eigenvalue weighted by Gasteiger charge is 2.33. The minimum absolute atomic E-state index is 0.0752. The molecular formula is C24H29B2N7. The lowest BCUT2D eigenvalue weighted by Crippen LogP contribution is -2.43. The van der Waals surface area contributed by atoms with E-state index in [1.54, 1.807) is 0 Å². The molecule has 0 aliphatic carbocycles. The van der Waals surface area contributed by atoms with E-state index >= 15 is 0 Å². The third kappa shape index (κ3) is 4.02. The molecule has 1 aromatic carbocycles. The van der Waals surface area contributed by atoms with Crippen LogP contribution >= 0.6 is 0 Å². The Balaban J connectivity index is 1.42. The summed E-state index contributed by atoms with van der Waals surface area (Å²) in [6.45, 7) is 10.6. The number of anilines is 3. The fourth-order valence-corrected chi connectivity index (χ4v) is 4.52. The molecule has 0 radical (unpaired) electrons.